The SMILES string of the molecule is O=C(O)C1CCN(C(=O)N2CCC(Sc3ccc(F)cc3)C2)CC1. The molecule has 24 heavy (non-hydrogen) atoms. The average Bonchev–Trinajstić information content (AvgIpc) is 3.05. The minimum atomic E-state index is -0.765. The van der Waals surface area contributed by atoms with Crippen molar-refractivity contribution >= 4 is 23.8 Å². The van der Waals surface area contributed by atoms with E-state index in [0.717, 1.165) is 17.9 Å². The second-order valence-corrected chi connectivity index (χ2v) is 7.68. The molecule has 7 heteroatoms. The zero-order chi connectivity index (χ0) is 17.1. The van der Waals surface area contributed by atoms with Crippen molar-refractivity contribution in [3.8, 4) is 0 Å². The van der Waals surface area contributed by atoms with Crippen LogP contribution >= 0.6 is 11.8 Å². The van der Waals surface area contributed by atoms with Gasteiger partial charge >= 0.3 is 12.0 Å². The fourth-order valence-corrected chi connectivity index (χ4v) is 4.38. The van der Waals surface area contributed by atoms with Crippen LogP contribution in [-0.2, 0) is 4.79 Å². The van der Waals surface area contributed by atoms with E-state index in [2.05, 4.69) is 0 Å². The van der Waals surface area contributed by atoms with E-state index in [1.807, 2.05) is 4.90 Å². The number of aliphatic carboxylic acids is 1. The molecule has 5 nitrogen and oxygen atoms in total. The van der Waals surface area contributed by atoms with E-state index < -0.39 is 5.97 Å². The number of hydrogen-bond donors (Lipinski definition) is 1. The third-order valence-corrected chi connectivity index (χ3v) is 5.91. The summed E-state index contributed by atoms with van der Waals surface area (Å²) in [4.78, 5) is 28.2. The van der Waals surface area contributed by atoms with Gasteiger partial charge in [-0.2, -0.15) is 0 Å². The fraction of sp³-hybridized carbons (Fsp3) is 0.529. The smallest absolute Gasteiger partial charge is 0.320 e. The van der Waals surface area contributed by atoms with Crippen LogP contribution in [0.1, 0.15) is 19.3 Å². The number of urea groups is 1. The molecule has 2 heterocycles. The largest absolute Gasteiger partial charge is 0.481 e. The maximum atomic E-state index is 12.9. The predicted molar refractivity (Wildman–Crippen MR) is 89.6 cm³/mol. The lowest BCUT2D eigenvalue weighted by molar-refractivity contribution is -0.143. The molecule has 0 aliphatic carbocycles. The molecule has 0 radical (unpaired) electrons. The summed E-state index contributed by atoms with van der Waals surface area (Å²) in [5, 5.41) is 9.34. The summed E-state index contributed by atoms with van der Waals surface area (Å²) in [6.45, 7) is 2.43. The highest BCUT2D eigenvalue weighted by molar-refractivity contribution is 8.00. The van der Waals surface area contributed by atoms with Crippen molar-refractivity contribution in [1.29, 1.82) is 0 Å². The van der Waals surface area contributed by atoms with Gasteiger partial charge in [-0.05, 0) is 43.5 Å². The molecule has 2 aliphatic rings. The van der Waals surface area contributed by atoms with Gasteiger partial charge in [0, 0.05) is 36.3 Å². The van der Waals surface area contributed by atoms with Gasteiger partial charge in [0.2, 0.25) is 0 Å². The lowest BCUT2D eigenvalue weighted by atomic mass is 9.97. The van der Waals surface area contributed by atoms with Gasteiger partial charge in [-0.1, -0.05) is 0 Å². The van der Waals surface area contributed by atoms with E-state index in [4.69, 9.17) is 5.11 Å². The Bertz CT molecular complexity index is 602. The lowest BCUT2D eigenvalue weighted by Crippen LogP contribution is -2.46. The number of carboxylic acid groups (broad SMARTS) is 1. The van der Waals surface area contributed by atoms with Crippen LogP contribution in [0.25, 0.3) is 0 Å². The van der Waals surface area contributed by atoms with Crippen molar-refractivity contribution < 1.29 is 19.1 Å². The van der Waals surface area contributed by atoms with E-state index in [9.17, 15) is 14.0 Å². The topological polar surface area (TPSA) is 60.9 Å². The first-order valence-electron chi connectivity index (χ1n) is 8.22. The van der Waals surface area contributed by atoms with Crippen molar-refractivity contribution in [3.63, 3.8) is 0 Å². The highest BCUT2D eigenvalue weighted by Crippen LogP contribution is 2.30. The number of amides is 2. The molecule has 0 spiro atoms. The van der Waals surface area contributed by atoms with Crippen molar-refractivity contribution in [3.05, 3.63) is 30.1 Å². The van der Waals surface area contributed by atoms with Crippen LogP contribution in [0.15, 0.2) is 29.2 Å². The third kappa shape index (κ3) is 4.01. The van der Waals surface area contributed by atoms with Crippen molar-refractivity contribution in [2.24, 2.45) is 5.92 Å². The second-order valence-electron chi connectivity index (χ2n) is 6.31. The Hall–Kier alpha value is -1.76. The number of hydrogen-bond acceptors (Lipinski definition) is 3. The molecule has 1 atom stereocenters. The molecular formula is C17H21FN2O3S. The zero-order valence-electron chi connectivity index (χ0n) is 13.4. The number of nitrogens with zero attached hydrogens (tertiary/aromatic N) is 2. The molecular weight excluding hydrogens is 331 g/mol. The Balaban J connectivity index is 1.49. The normalized spacial score (nSPS) is 22.0. The maximum Gasteiger partial charge on any atom is 0.320 e. The molecule has 1 aromatic rings. The molecule has 3 rings (SSSR count). The van der Waals surface area contributed by atoms with Gasteiger partial charge in [-0.25, -0.2) is 9.18 Å². The van der Waals surface area contributed by atoms with Crippen LogP contribution in [0.5, 0.6) is 0 Å². The van der Waals surface area contributed by atoms with Crippen LogP contribution in [0, 0.1) is 11.7 Å². The summed E-state index contributed by atoms with van der Waals surface area (Å²) in [6.07, 6.45) is 1.98. The zero-order valence-corrected chi connectivity index (χ0v) is 14.2. The van der Waals surface area contributed by atoms with Gasteiger partial charge in [0.05, 0.1) is 5.92 Å². The number of halogens is 1. The van der Waals surface area contributed by atoms with Gasteiger partial charge in [0.25, 0.3) is 0 Å². The van der Waals surface area contributed by atoms with Gasteiger partial charge in [0.1, 0.15) is 5.82 Å². The molecule has 1 aromatic carbocycles. The molecule has 2 fully saturated rings. The summed E-state index contributed by atoms with van der Waals surface area (Å²) in [7, 11) is 0. The number of thioether (sulfide) groups is 1. The van der Waals surface area contributed by atoms with Gasteiger partial charge in [0.15, 0.2) is 0 Å². The molecule has 130 valence electrons. The average molecular weight is 352 g/mol. The van der Waals surface area contributed by atoms with Crippen LogP contribution in [0.4, 0.5) is 9.18 Å². The summed E-state index contributed by atoms with van der Waals surface area (Å²) in [6, 6.07) is 6.45. The van der Waals surface area contributed by atoms with E-state index in [-0.39, 0.29) is 17.8 Å². The highest BCUT2D eigenvalue weighted by atomic mass is 32.2. The van der Waals surface area contributed by atoms with E-state index >= 15 is 0 Å². The molecule has 0 saturated carbocycles. The van der Waals surface area contributed by atoms with Gasteiger partial charge in [-0.3, -0.25) is 4.79 Å². The number of carbonyl (C=O) groups excluding carboxylic acids is 1. The fourth-order valence-electron chi connectivity index (χ4n) is 3.22. The van der Waals surface area contributed by atoms with Crippen molar-refractivity contribution in [1.82, 2.24) is 9.80 Å². The molecule has 0 aromatic heterocycles. The third-order valence-electron chi connectivity index (χ3n) is 4.65. The number of likely N-dealkylation sites (tertiary alicyclic amines) is 2. The maximum absolute atomic E-state index is 12.9. The Morgan fingerprint density at radius 1 is 1.04 bits per heavy atom. The number of carboxylic acids is 1. The van der Waals surface area contributed by atoms with Gasteiger partial charge in [-0.15, -0.1) is 11.8 Å². The first-order valence-corrected chi connectivity index (χ1v) is 9.10. The highest BCUT2D eigenvalue weighted by Gasteiger charge is 2.33. The van der Waals surface area contributed by atoms with Crippen LogP contribution in [0.3, 0.4) is 0 Å². The van der Waals surface area contributed by atoms with E-state index in [0.29, 0.717) is 37.7 Å². The molecule has 2 amide bonds. The minimum absolute atomic E-state index is 0.0149. The van der Waals surface area contributed by atoms with Crippen LogP contribution in [-0.4, -0.2) is 58.3 Å². The summed E-state index contributed by atoms with van der Waals surface area (Å²) in [5.74, 6) is -1.33. The molecule has 0 bridgehead atoms. The minimum Gasteiger partial charge on any atom is -0.481 e. The number of piperidine rings is 1. The molecule has 2 saturated heterocycles. The lowest BCUT2D eigenvalue weighted by Gasteiger charge is -2.33. The first kappa shape index (κ1) is 17.1. The van der Waals surface area contributed by atoms with E-state index in [1.165, 1.54) is 12.1 Å². The summed E-state index contributed by atoms with van der Waals surface area (Å²) in [5.41, 5.74) is 0. The molecule has 1 N–H and O–H groups in total. The number of benzene rings is 1. The quantitative estimate of drug-likeness (QED) is 0.909. The predicted octanol–water partition coefficient (Wildman–Crippen LogP) is 2.91. The Labute approximate surface area is 144 Å². The van der Waals surface area contributed by atoms with Crippen LogP contribution < -0.4 is 0 Å². The van der Waals surface area contributed by atoms with Crippen LogP contribution in [0.2, 0.25) is 0 Å². The monoisotopic (exact) mass is 352 g/mol. The number of rotatable bonds is 3. The summed E-state index contributed by atoms with van der Waals surface area (Å²) >= 11 is 1.68. The Kier molecular flexibility index (Phi) is 5.28. The van der Waals surface area contributed by atoms with Gasteiger partial charge < -0.3 is 14.9 Å². The first-order chi connectivity index (χ1) is 11.5. The van der Waals surface area contributed by atoms with Crippen molar-refractivity contribution in [2.45, 2.75) is 29.4 Å². The Morgan fingerprint density at radius 2 is 1.67 bits per heavy atom. The van der Waals surface area contributed by atoms with E-state index in [1.54, 1.807) is 28.8 Å². The Morgan fingerprint density at radius 3 is 2.29 bits per heavy atom. The second kappa shape index (κ2) is 7.42. The summed E-state index contributed by atoms with van der Waals surface area (Å²) < 4.78 is 12.9. The molecule has 2 aliphatic heterocycles. The van der Waals surface area contributed by atoms with Crippen molar-refractivity contribution in [2.75, 3.05) is 26.2 Å². The molecule has 1 unspecified atom stereocenters. The number of carbonyl (C=O) groups is 2. The standard InChI is InChI=1S/C17H21FN2O3S/c18-13-1-3-14(4-2-13)24-15-7-10-20(11-15)17(23)19-8-5-12(6-9-19)16(21)22/h1-4,12,15H,5-11H2,(H,21,22).